The Bertz CT molecular complexity index is 1820. The van der Waals surface area contributed by atoms with E-state index in [4.69, 9.17) is 10.8 Å². The molecule has 0 spiro atoms. The lowest BCUT2D eigenvalue weighted by molar-refractivity contribution is 0.224. The number of pyridine rings is 1. The van der Waals surface area contributed by atoms with E-state index in [1.54, 1.807) is 0 Å². The predicted molar refractivity (Wildman–Crippen MR) is 163 cm³/mol. The zero-order valence-electron chi connectivity index (χ0n) is 23.6. The third-order valence-electron chi connectivity index (χ3n) is 8.48. The van der Waals surface area contributed by atoms with E-state index >= 15 is 0 Å². The van der Waals surface area contributed by atoms with Crippen molar-refractivity contribution in [2.75, 3.05) is 0 Å². The van der Waals surface area contributed by atoms with Crippen molar-refractivity contribution < 1.29 is 5.79 Å². The fourth-order valence-corrected chi connectivity index (χ4v) is 5.98. The van der Waals surface area contributed by atoms with E-state index in [0.29, 0.717) is 5.41 Å². The van der Waals surface area contributed by atoms with E-state index in [1.165, 1.54) is 5.56 Å². The van der Waals surface area contributed by atoms with Crippen LogP contribution in [0.4, 0.5) is 0 Å². The first-order chi connectivity index (χ1) is 19.4. The van der Waals surface area contributed by atoms with E-state index in [0.717, 1.165) is 81.1 Å². The highest BCUT2D eigenvalue weighted by Crippen LogP contribution is 2.43. The molecule has 1 fully saturated rings. The standard InChI is InChI=1S/C37H33NO/c1-37(2)20-17-28(18-21-37)26-11-13-27(14-12-26)30-19-22-38-34(23-30)33-10-6-9-32-31-16-15-29(24-35(31)39-36(32)33)25-7-4-3-5-8-25/h3-16,19,22-24,28H,17-18,20-21H2,1-2H3/i28D. The summed E-state index contributed by atoms with van der Waals surface area (Å²) in [6, 6.07) is 36.0. The van der Waals surface area contributed by atoms with Crippen LogP contribution in [0.2, 0.25) is 0 Å². The molecule has 2 heterocycles. The monoisotopic (exact) mass is 508 g/mol. The minimum Gasteiger partial charge on any atom is -0.455 e. The molecule has 0 amide bonds. The maximum absolute atomic E-state index is 9.12. The van der Waals surface area contributed by atoms with Crippen molar-refractivity contribution in [1.82, 2.24) is 4.98 Å². The molecule has 0 radical (unpaired) electrons. The Morgan fingerprint density at radius 3 is 2.23 bits per heavy atom. The molecular weight excluding hydrogens is 474 g/mol. The van der Waals surface area contributed by atoms with E-state index in [-0.39, 0.29) is 0 Å². The van der Waals surface area contributed by atoms with Gasteiger partial charge in [-0.15, -0.1) is 0 Å². The minimum atomic E-state index is -0.477. The first-order valence-electron chi connectivity index (χ1n) is 14.5. The number of rotatable bonds is 4. The molecule has 192 valence electrons. The van der Waals surface area contributed by atoms with Crippen LogP contribution in [0, 0.1) is 5.41 Å². The van der Waals surface area contributed by atoms with Crippen LogP contribution in [0.5, 0.6) is 0 Å². The second-order valence-corrected chi connectivity index (χ2v) is 11.6. The van der Waals surface area contributed by atoms with Crippen molar-refractivity contribution in [3.8, 4) is 33.5 Å². The number of nitrogens with zero attached hydrogens (tertiary/aromatic N) is 1. The lowest BCUT2D eigenvalue weighted by Crippen LogP contribution is -2.20. The Balaban J connectivity index is 1.23. The van der Waals surface area contributed by atoms with Crippen LogP contribution in [0.15, 0.2) is 114 Å². The molecule has 0 aliphatic heterocycles. The van der Waals surface area contributed by atoms with Gasteiger partial charge in [0.2, 0.25) is 0 Å². The number of aromatic nitrogens is 1. The third kappa shape index (κ3) is 4.55. The first kappa shape index (κ1) is 22.8. The van der Waals surface area contributed by atoms with E-state index < -0.39 is 5.89 Å². The van der Waals surface area contributed by atoms with E-state index in [9.17, 15) is 0 Å². The number of furan rings is 1. The summed E-state index contributed by atoms with van der Waals surface area (Å²) in [5.74, 6) is -0.477. The van der Waals surface area contributed by atoms with Gasteiger partial charge in [-0.1, -0.05) is 86.6 Å². The maximum Gasteiger partial charge on any atom is 0.144 e. The quantitative estimate of drug-likeness (QED) is 0.237. The van der Waals surface area contributed by atoms with Gasteiger partial charge in [-0.05, 0) is 95.1 Å². The minimum absolute atomic E-state index is 0.352. The van der Waals surface area contributed by atoms with Gasteiger partial charge in [-0.2, -0.15) is 0 Å². The van der Waals surface area contributed by atoms with E-state index in [2.05, 4.69) is 111 Å². The normalized spacial score (nSPS) is 16.8. The average molecular weight is 509 g/mol. The van der Waals surface area contributed by atoms with Crippen LogP contribution in [0.3, 0.4) is 0 Å². The summed E-state index contributed by atoms with van der Waals surface area (Å²) in [4.78, 5) is 4.75. The molecule has 6 aromatic rings. The number of hydrogen-bond donors (Lipinski definition) is 0. The smallest absolute Gasteiger partial charge is 0.144 e. The van der Waals surface area contributed by atoms with Gasteiger partial charge in [0.1, 0.15) is 11.2 Å². The number of para-hydroxylation sites is 1. The lowest BCUT2D eigenvalue weighted by atomic mass is 9.71. The number of fused-ring (bicyclic) bond motifs is 3. The highest BCUT2D eigenvalue weighted by molar-refractivity contribution is 6.10. The van der Waals surface area contributed by atoms with Crippen LogP contribution in [-0.4, -0.2) is 4.98 Å². The summed E-state index contributed by atoms with van der Waals surface area (Å²) >= 11 is 0. The Kier molecular flexibility index (Phi) is 5.57. The maximum atomic E-state index is 9.12. The van der Waals surface area contributed by atoms with Crippen molar-refractivity contribution in [3.63, 3.8) is 0 Å². The molecule has 1 aliphatic carbocycles. The molecule has 0 saturated heterocycles. The second kappa shape index (κ2) is 9.54. The van der Waals surface area contributed by atoms with Gasteiger partial charge in [0, 0.05) is 23.9 Å². The van der Waals surface area contributed by atoms with Crippen molar-refractivity contribution >= 4 is 21.9 Å². The molecule has 2 nitrogen and oxygen atoms in total. The average Bonchev–Trinajstić information content (AvgIpc) is 3.38. The molecule has 7 rings (SSSR count). The van der Waals surface area contributed by atoms with Crippen LogP contribution in [0.1, 0.15) is 52.4 Å². The lowest BCUT2D eigenvalue weighted by Gasteiger charge is -2.34. The fraction of sp³-hybridized carbons (Fsp3) is 0.216. The molecule has 1 aliphatic rings. The Morgan fingerprint density at radius 1 is 0.718 bits per heavy atom. The van der Waals surface area contributed by atoms with Crippen molar-refractivity contribution in [3.05, 3.63) is 115 Å². The number of hydrogen-bond acceptors (Lipinski definition) is 2. The van der Waals surface area contributed by atoms with Gasteiger partial charge in [0.05, 0.1) is 5.69 Å². The molecule has 1 saturated carbocycles. The summed E-state index contributed by atoms with van der Waals surface area (Å²) in [7, 11) is 0. The Hall–Kier alpha value is -4.17. The van der Waals surface area contributed by atoms with Gasteiger partial charge >= 0.3 is 0 Å². The zero-order chi connectivity index (χ0) is 27.3. The van der Waals surface area contributed by atoms with Gasteiger partial charge in [-0.25, -0.2) is 0 Å². The van der Waals surface area contributed by atoms with Crippen LogP contribution in [0.25, 0.3) is 55.4 Å². The summed E-state index contributed by atoms with van der Waals surface area (Å²) in [6.07, 6.45) is 5.93. The summed E-state index contributed by atoms with van der Waals surface area (Å²) < 4.78 is 15.6. The molecule has 0 unspecified atom stereocenters. The largest absolute Gasteiger partial charge is 0.455 e. The van der Waals surface area contributed by atoms with Crippen LogP contribution < -0.4 is 0 Å². The van der Waals surface area contributed by atoms with Crippen molar-refractivity contribution in [2.24, 2.45) is 5.41 Å². The highest BCUT2D eigenvalue weighted by Gasteiger charge is 2.27. The van der Waals surface area contributed by atoms with Crippen LogP contribution >= 0.6 is 0 Å². The van der Waals surface area contributed by atoms with Gasteiger partial charge in [0.25, 0.3) is 0 Å². The van der Waals surface area contributed by atoms with Crippen molar-refractivity contribution in [1.29, 1.82) is 0 Å². The topological polar surface area (TPSA) is 26.0 Å². The van der Waals surface area contributed by atoms with E-state index in [1.807, 2.05) is 12.3 Å². The van der Waals surface area contributed by atoms with Gasteiger partial charge in [-0.3, -0.25) is 4.98 Å². The zero-order valence-corrected chi connectivity index (χ0v) is 22.6. The van der Waals surface area contributed by atoms with Gasteiger partial charge < -0.3 is 4.42 Å². The third-order valence-corrected chi connectivity index (χ3v) is 8.48. The molecular formula is C37H33NO. The fourth-order valence-electron chi connectivity index (χ4n) is 5.98. The first-order valence-corrected chi connectivity index (χ1v) is 14.0. The highest BCUT2D eigenvalue weighted by atomic mass is 16.3. The molecule has 2 aromatic heterocycles. The van der Waals surface area contributed by atoms with Crippen LogP contribution in [-0.2, 0) is 0 Å². The summed E-state index contributed by atoms with van der Waals surface area (Å²) in [6.45, 7) is 4.65. The van der Waals surface area contributed by atoms with Crippen molar-refractivity contribution in [2.45, 2.75) is 45.4 Å². The molecule has 2 heteroatoms. The predicted octanol–water partition coefficient (Wildman–Crippen LogP) is 10.7. The molecule has 0 N–H and O–H groups in total. The number of benzene rings is 4. The molecule has 0 bridgehead atoms. The van der Waals surface area contributed by atoms with Gasteiger partial charge in [0.15, 0.2) is 0 Å². The molecule has 0 atom stereocenters. The molecule has 39 heavy (non-hydrogen) atoms. The Morgan fingerprint density at radius 2 is 1.44 bits per heavy atom. The summed E-state index contributed by atoms with van der Waals surface area (Å²) in [5, 5.41) is 2.21. The summed E-state index contributed by atoms with van der Waals surface area (Å²) in [5.41, 5.74) is 9.66. The Labute approximate surface area is 231 Å². The molecule has 4 aromatic carbocycles. The SMILES string of the molecule is [2H]C1(c2ccc(-c3ccnc(-c4cccc5c4oc4cc(-c6ccccc6)ccc45)c3)cc2)CCC(C)(C)CC1. The second-order valence-electron chi connectivity index (χ2n) is 11.6.